The van der Waals surface area contributed by atoms with Gasteiger partial charge in [0.15, 0.2) is 0 Å². The van der Waals surface area contributed by atoms with Crippen molar-refractivity contribution in [2.24, 2.45) is 5.92 Å². The van der Waals surface area contributed by atoms with Crippen LogP contribution in [0.1, 0.15) is 49.1 Å². The third kappa shape index (κ3) is 5.04. The highest BCUT2D eigenvalue weighted by atomic mass is 19.4. The van der Waals surface area contributed by atoms with Gasteiger partial charge in [0.25, 0.3) is 0 Å². The normalized spacial score (nSPS) is 28.6. The van der Waals surface area contributed by atoms with Crippen LogP contribution in [0.4, 0.5) is 13.2 Å². The van der Waals surface area contributed by atoms with Crippen molar-refractivity contribution in [1.29, 1.82) is 0 Å². The van der Waals surface area contributed by atoms with E-state index in [9.17, 15) is 18.3 Å². The first-order valence-corrected chi connectivity index (χ1v) is 9.99. The molecule has 6 heteroatoms. The summed E-state index contributed by atoms with van der Waals surface area (Å²) in [6.45, 7) is 2.61. The second-order valence-corrected chi connectivity index (χ2v) is 8.41. The van der Waals surface area contributed by atoms with Gasteiger partial charge in [-0.25, -0.2) is 0 Å². The molecule has 2 fully saturated rings. The molecule has 3 unspecified atom stereocenters. The van der Waals surface area contributed by atoms with E-state index in [1.165, 1.54) is 12.1 Å². The van der Waals surface area contributed by atoms with Crippen molar-refractivity contribution in [3.8, 4) is 0 Å². The van der Waals surface area contributed by atoms with Crippen molar-refractivity contribution < 1.29 is 18.3 Å². The Bertz CT molecular complexity index is 620. The van der Waals surface area contributed by atoms with Crippen LogP contribution in [0.25, 0.3) is 0 Å². The second kappa shape index (κ2) is 8.50. The molecule has 1 saturated heterocycles. The highest BCUT2D eigenvalue weighted by Crippen LogP contribution is 2.39. The van der Waals surface area contributed by atoms with Crippen molar-refractivity contribution in [1.82, 2.24) is 9.80 Å². The lowest BCUT2D eigenvalue weighted by Gasteiger charge is -2.37. The lowest BCUT2D eigenvalue weighted by molar-refractivity contribution is -0.137. The van der Waals surface area contributed by atoms with Gasteiger partial charge in [-0.2, -0.15) is 13.2 Å². The fourth-order valence-corrected chi connectivity index (χ4v) is 4.72. The van der Waals surface area contributed by atoms with Gasteiger partial charge in [0, 0.05) is 25.0 Å². The van der Waals surface area contributed by atoms with Gasteiger partial charge in [-0.3, -0.25) is 0 Å². The van der Waals surface area contributed by atoms with Crippen molar-refractivity contribution in [3.63, 3.8) is 0 Å². The van der Waals surface area contributed by atoms with Crippen LogP contribution in [0, 0.1) is 5.92 Å². The molecule has 1 saturated carbocycles. The standard InChI is InChI=1S/C21H31F3N2O/c1-25(2)17-10-11-26(13-17)14-19(18-8-3-4-9-20(18)27)15-6-5-7-16(12-15)21(22,23)24/h5-7,12,17-20,27H,3-4,8-11,13-14H2,1-2H3/t17-,18?,19?,20?/m0/s1. The third-order valence-corrected chi connectivity index (χ3v) is 6.37. The molecule has 0 radical (unpaired) electrons. The first-order chi connectivity index (χ1) is 12.8. The van der Waals surface area contributed by atoms with Crippen LogP contribution in [-0.2, 0) is 6.18 Å². The van der Waals surface area contributed by atoms with Gasteiger partial charge in [0.2, 0.25) is 0 Å². The van der Waals surface area contributed by atoms with E-state index in [-0.39, 0.29) is 11.8 Å². The fraction of sp³-hybridized carbons (Fsp3) is 0.714. The predicted octanol–water partition coefficient (Wildman–Crippen LogP) is 3.98. The van der Waals surface area contributed by atoms with Crippen LogP contribution in [0.2, 0.25) is 0 Å². The average molecular weight is 384 g/mol. The van der Waals surface area contributed by atoms with Crippen LogP contribution in [0.5, 0.6) is 0 Å². The van der Waals surface area contributed by atoms with E-state index < -0.39 is 17.8 Å². The van der Waals surface area contributed by atoms with Crippen molar-refractivity contribution >= 4 is 0 Å². The van der Waals surface area contributed by atoms with Crippen LogP contribution < -0.4 is 0 Å². The lowest BCUT2D eigenvalue weighted by Crippen LogP contribution is -2.38. The van der Waals surface area contributed by atoms with Crippen molar-refractivity contribution in [2.75, 3.05) is 33.7 Å². The number of aliphatic hydroxyl groups is 1. The molecule has 1 heterocycles. The van der Waals surface area contributed by atoms with Crippen LogP contribution in [0.3, 0.4) is 0 Å². The zero-order valence-corrected chi connectivity index (χ0v) is 16.3. The van der Waals surface area contributed by atoms with Gasteiger partial charge in [-0.05, 0) is 57.5 Å². The topological polar surface area (TPSA) is 26.7 Å². The Balaban J connectivity index is 1.84. The second-order valence-electron chi connectivity index (χ2n) is 8.41. The molecular weight excluding hydrogens is 353 g/mol. The number of benzene rings is 1. The summed E-state index contributed by atoms with van der Waals surface area (Å²) in [5, 5.41) is 10.6. The number of rotatable bonds is 5. The minimum absolute atomic E-state index is 0.0284. The quantitative estimate of drug-likeness (QED) is 0.832. The number of likely N-dealkylation sites (N-methyl/N-ethyl adjacent to an activating group) is 1. The molecule has 152 valence electrons. The average Bonchev–Trinajstić information content (AvgIpc) is 3.09. The van der Waals surface area contributed by atoms with E-state index in [0.717, 1.165) is 51.3 Å². The largest absolute Gasteiger partial charge is 0.416 e. The van der Waals surface area contributed by atoms with Crippen LogP contribution in [-0.4, -0.2) is 60.8 Å². The Morgan fingerprint density at radius 1 is 1.19 bits per heavy atom. The van der Waals surface area contributed by atoms with E-state index in [4.69, 9.17) is 0 Å². The summed E-state index contributed by atoms with van der Waals surface area (Å²) in [6, 6.07) is 6.23. The van der Waals surface area contributed by atoms with Gasteiger partial charge in [-0.15, -0.1) is 0 Å². The molecule has 0 aromatic heterocycles. The molecule has 0 spiro atoms. The maximum atomic E-state index is 13.2. The minimum Gasteiger partial charge on any atom is -0.393 e. The number of nitrogens with zero attached hydrogens (tertiary/aromatic N) is 2. The Morgan fingerprint density at radius 2 is 1.93 bits per heavy atom. The van der Waals surface area contributed by atoms with Gasteiger partial charge in [0.1, 0.15) is 0 Å². The molecule has 1 aliphatic heterocycles. The van der Waals surface area contributed by atoms with Gasteiger partial charge in [0.05, 0.1) is 11.7 Å². The van der Waals surface area contributed by atoms with Crippen LogP contribution >= 0.6 is 0 Å². The van der Waals surface area contributed by atoms with Crippen molar-refractivity contribution in [2.45, 2.75) is 56.3 Å². The van der Waals surface area contributed by atoms with Crippen LogP contribution in [0.15, 0.2) is 24.3 Å². The summed E-state index contributed by atoms with van der Waals surface area (Å²) in [5.41, 5.74) is 0.118. The number of alkyl halides is 3. The first kappa shape index (κ1) is 20.6. The van der Waals surface area contributed by atoms with Gasteiger partial charge >= 0.3 is 6.18 Å². The highest BCUT2D eigenvalue weighted by Gasteiger charge is 2.36. The Kier molecular flexibility index (Phi) is 6.49. The summed E-state index contributed by atoms with van der Waals surface area (Å²) >= 11 is 0. The smallest absolute Gasteiger partial charge is 0.393 e. The molecule has 4 atom stereocenters. The first-order valence-electron chi connectivity index (χ1n) is 9.99. The molecule has 27 heavy (non-hydrogen) atoms. The molecule has 1 N–H and O–H groups in total. The zero-order chi connectivity index (χ0) is 19.6. The third-order valence-electron chi connectivity index (χ3n) is 6.37. The van der Waals surface area contributed by atoms with Gasteiger partial charge in [-0.1, -0.05) is 31.0 Å². The molecule has 1 aliphatic carbocycles. The zero-order valence-electron chi connectivity index (χ0n) is 16.3. The Hall–Kier alpha value is -1.11. The SMILES string of the molecule is CN(C)[C@H]1CCN(CC(c2cccc(C(F)(F)F)c2)C2CCCCC2O)C1. The fourth-order valence-electron chi connectivity index (χ4n) is 4.72. The summed E-state index contributed by atoms with van der Waals surface area (Å²) in [4.78, 5) is 4.58. The molecule has 1 aromatic rings. The maximum Gasteiger partial charge on any atom is 0.416 e. The Labute approximate surface area is 160 Å². The number of hydrogen-bond acceptors (Lipinski definition) is 3. The number of hydrogen-bond donors (Lipinski definition) is 1. The van der Waals surface area contributed by atoms with E-state index in [1.54, 1.807) is 6.07 Å². The van der Waals surface area contributed by atoms with E-state index in [1.807, 2.05) is 0 Å². The Morgan fingerprint density at radius 3 is 2.56 bits per heavy atom. The highest BCUT2D eigenvalue weighted by molar-refractivity contribution is 5.29. The monoisotopic (exact) mass is 384 g/mol. The molecular formula is C21H31F3N2O. The van der Waals surface area contributed by atoms with E-state index in [2.05, 4.69) is 23.9 Å². The number of halogens is 3. The summed E-state index contributed by atoms with van der Waals surface area (Å²) in [7, 11) is 4.15. The summed E-state index contributed by atoms with van der Waals surface area (Å²) < 4.78 is 39.7. The minimum atomic E-state index is -4.34. The molecule has 0 bridgehead atoms. The summed E-state index contributed by atoms with van der Waals surface area (Å²) in [6.07, 6.45) is -0.0134. The molecule has 1 aromatic carbocycles. The molecule has 2 aliphatic rings. The van der Waals surface area contributed by atoms with E-state index >= 15 is 0 Å². The number of aliphatic hydroxyl groups excluding tert-OH is 1. The molecule has 0 amide bonds. The lowest BCUT2D eigenvalue weighted by atomic mass is 9.74. The molecule has 3 rings (SSSR count). The summed E-state index contributed by atoms with van der Waals surface area (Å²) in [5.74, 6) is -0.0378. The number of likely N-dealkylation sites (tertiary alicyclic amines) is 1. The van der Waals surface area contributed by atoms with E-state index in [0.29, 0.717) is 18.2 Å². The van der Waals surface area contributed by atoms with Crippen molar-refractivity contribution in [3.05, 3.63) is 35.4 Å². The maximum absolute atomic E-state index is 13.2. The predicted molar refractivity (Wildman–Crippen MR) is 101 cm³/mol. The molecule has 3 nitrogen and oxygen atoms in total. The van der Waals surface area contributed by atoms with Gasteiger partial charge < -0.3 is 14.9 Å².